The van der Waals surface area contributed by atoms with Crippen LogP contribution in [0.1, 0.15) is 27.1 Å². The minimum absolute atomic E-state index is 0.808. The van der Waals surface area contributed by atoms with E-state index in [4.69, 9.17) is 5.73 Å². The molecule has 1 aromatic heterocycles. The van der Waals surface area contributed by atoms with Crippen LogP contribution in [0.25, 0.3) is 11.6 Å². The fraction of sp³-hybridized carbons (Fsp3) is 0.100. The molecule has 0 saturated heterocycles. The lowest BCUT2D eigenvalue weighted by Crippen LogP contribution is -1.91. The maximum Gasteiger partial charge on any atom is 0.0381 e. The SMILES string of the molecule is Nc1cccc(/C=C2\c3ccccc3CCc3ccsc32)c1. The summed E-state index contributed by atoms with van der Waals surface area (Å²) in [5, 5.41) is 2.20. The van der Waals surface area contributed by atoms with Gasteiger partial charge in [-0.3, -0.25) is 0 Å². The Bertz CT molecular complexity index is 857. The van der Waals surface area contributed by atoms with Crippen LogP contribution >= 0.6 is 11.3 Å². The van der Waals surface area contributed by atoms with E-state index in [1.807, 2.05) is 29.5 Å². The fourth-order valence-electron chi connectivity index (χ4n) is 3.12. The van der Waals surface area contributed by atoms with Gasteiger partial charge in [-0.1, -0.05) is 36.4 Å². The molecular weight excluding hydrogens is 286 g/mol. The maximum absolute atomic E-state index is 5.94. The minimum Gasteiger partial charge on any atom is -0.399 e. The second kappa shape index (κ2) is 5.47. The largest absolute Gasteiger partial charge is 0.399 e. The summed E-state index contributed by atoms with van der Waals surface area (Å²) < 4.78 is 0. The minimum atomic E-state index is 0.808. The summed E-state index contributed by atoms with van der Waals surface area (Å²) >= 11 is 1.83. The van der Waals surface area contributed by atoms with Crippen molar-refractivity contribution >= 4 is 28.7 Å². The first-order valence-electron chi connectivity index (χ1n) is 7.53. The lowest BCUT2D eigenvalue weighted by molar-refractivity contribution is 0.970. The van der Waals surface area contributed by atoms with Crippen molar-refractivity contribution in [2.45, 2.75) is 12.8 Å². The number of hydrogen-bond acceptors (Lipinski definition) is 2. The number of aryl methyl sites for hydroxylation is 2. The molecule has 0 amide bonds. The van der Waals surface area contributed by atoms with E-state index in [9.17, 15) is 0 Å². The molecule has 0 saturated carbocycles. The second-order valence-corrected chi connectivity index (χ2v) is 6.58. The molecule has 2 aromatic carbocycles. The van der Waals surface area contributed by atoms with Gasteiger partial charge in [-0.15, -0.1) is 11.3 Å². The first-order valence-corrected chi connectivity index (χ1v) is 8.41. The summed E-state index contributed by atoms with van der Waals surface area (Å²) in [6.07, 6.45) is 4.49. The maximum atomic E-state index is 5.94. The summed E-state index contributed by atoms with van der Waals surface area (Å²) in [5.41, 5.74) is 13.5. The molecule has 3 aromatic rings. The number of hydrogen-bond donors (Lipinski definition) is 1. The second-order valence-electron chi connectivity index (χ2n) is 5.66. The fourth-order valence-corrected chi connectivity index (χ4v) is 4.11. The highest BCUT2D eigenvalue weighted by Crippen LogP contribution is 2.37. The Morgan fingerprint density at radius 3 is 2.68 bits per heavy atom. The van der Waals surface area contributed by atoms with Gasteiger partial charge in [0.15, 0.2) is 0 Å². The Labute approximate surface area is 134 Å². The van der Waals surface area contributed by atoms with Crippen molar-refractivity contribution < 1.29 is 0 Å². The van der Waals surface area contributed by atoms with Crippen LogP contribution < -0.4 is 5.73 Å². The molecule has 0 aliphatic heterocycles. The average Bonchev–Trinajstić information content (AvgIpc) is 2.94. The van der Waals surface area contributed by atoms with Crippen molar-refractivity contribution in [3.63, 3.8) is 0 Å². The van der Waals surface area contributed by atoms with Crippen LogP contribution in [0.15, 0.2) is 60.0 Å². The van der Waals surface area contributed by atoms with E-state index in [0.29, 0.717) is 0 Å². The summed E-state index contributed by atoms with van der Waals surface area (Å²) in [4.78, 5) is 1.40. The Kier molecular flexibility index (Phi) is 3.32. The topological polar surface area (TPSA) is 26.0 Å². The quantitative estimate of drug-likeness (QED) is 0.628. The van der Waals surface area contributed by atoms with Crippen LogP contribution in [-0.2, 0) is 12.8 Å². The number of anilines is 1. The van der Waals surface area contributed by atoms with Crippen molar-refractivity contribution in [3.8, 4) is 0 Å². The molecule has 0 spiro atoms. The van der Waals surface area contributed by atoms with Gasteiger partial charge in [0.05, 0.1) is 0 Å². The van der Waals surface area contributed by atoms with E-state index in [1.54, 1.807) is 0 Å². The van der Waals surface area contributed by atoms with Crippen molar-refractivity contribution in [1.29, 1.82) is 0 Å². The zero-order chi connectivity index (χ0) is 14.9. The van der Waals surface area contributed by atoms with E-state index in [1.165, 1.54) is 27.1 Å². The van der Waals surface area contributed by atoms with Crippen molar-refractivity contribution in [2.24, 2.45) is 0 Å². The van der Waals surface area contributed by atoms with Gasteiger partial charge in [0, 0.05) is 16.1 Å². The third-order valence-electron chi connectivity index (χ3n) is 4.18. The molecule has 1 aliphatic carbocycles. The number of fused-ring (bicyclic) bond motifs is 2. The zero-order valence-electron chi connectivity index (χ0n) is 12.3. The molecule has 22 heavy (non-hydrogen) atoms. The van der Waals surface area contributed by atoms with E-state index >= 15 is 0 Å². The molecule has 0 bridgehead atoms. The highest BCUT2D eigenvalue weighted by atomic mass is 32.1. The molecule has 1 nitrogen and oxygen atoms in total. The summed E-state index contributed by atoms with van der Waals surface area (Å²) in [6.45, 7) is 0. The van der Waals surface area contributed by atoms with E-state index in [2.05, 4.69) is 47.9 Å². The summed E-state index contributed by atoms with van der Waals surface area (Å²) in [6, 6.07) is 19.1. The first-order chi connectivity index (χ1) is 10.8. The summed E-state index contributed by atoms with van der Waals surface area (Å²) in [5.74, 6) is 0. The molecule has 1 heterocycles. The van der Waals surface area contributed by atoms with Crippen LogP contribution in [0.4, 0.5) is 5.69 Å². The van der Waals surface area contributed by atoms with Crippen LogP contribution in [0.3, 0.4) is 0 Å². The molecule has 2 N–H and O–H groups in total. The number of thiophene rings is 1. The number of benzene rings is 2. The standard InChI is InChI=1S/C20H17NS/c21-17-6-3-4-14(12-17)13-19-18-7-2-1-5-15(18)8-9-16-10-11-22-20(16)19/h1-7,10-13H,8-9,21H2/b19-13+. The lowest BCUT2D eigenvalue weighted by atomic mass is 9.97. The number of rotatable bonds is 1. The molecule has 0 atom stereocenters. The Hall–Kier alpha value is -2.32. The highest BCUT2D eigenvalue weighted by Gasteiger charge is 2.18. The normalized spacial score (nSPS) is 15.2. The third kappa shape index (κ3) is 2.36. The van der Waals surface area contributed by atoms with Crippen LogP contribution in [0.5, 0.6) is 0 Å². The van der Waals surface area contributed by atoms with Gasteiger partial charge in [-0.25, -0.2) is 0 Å². The van der Waals surface area contributed by atoms with E-state index in [-0.39, 0.29) is 0 Å². The third-order valence-corrected chi connectivity index (χ3v) is 5.17. The Balaban J connectivity index is 1.95. The Morgan fingerprint density at radius 2 is 1.77 bits per heavy atom. The molecule has 4 rings (SSSR count). The molecule has 108 valence electrons. The van der Waals surface area contributed by atoms with Gasteiger partial charge in [-0.2, -0.15) is 0 Å². The zero-order valence-corrected chi connectivity index (χ0v) is 13.1. The monoisotopic (exact) mass is 303 g/mol. The molecule has 0 unspecified atom stereocenters. The number of nitrogen functional groups attached to an aromatic ring is 1. The molecular formula is C20H17NS. The smallest absolute Gasteiger partial charge is 0.0381 e. The highest BCUT2D eigenvalue weighted by molar-refractivity contribution is 7.11. The van der Waals surface area contributed by atoms with Crippen LogP contribution in [0, 0.1) is 0 Å². The van der Waals surface area contributed by atoms with Crippen molar-refractivity contribution in [3.05, 3.63) is 87.1 Å². The van der Waals surface area contributed by atoms with Gasteiger partial charge >= 0.3 is 0 Å². The van der Waals surface area contributed by atoms with Gasteiger partial charge in [-0.05, 0) is 64.8 Å². The Morgan fingerprint density at radius 1 is 0.909 bits per heavy atom. The molecule has 1 aliphatic rings. The number of nitrogens with two attached hydrogens (primary N) is 1. The van der Waals surface area contributed by atoms with Crippen LogP contribution in [0.2, 0.25) is 0 Å². The molecule has 0 radical (unpaired) electrons. The van der Waals surface area contributed by atoms with Gasteiger partial charge in [0.1, 0.15) is 0 Å². The molecule has 0 fully saturated rings. The van der Waals surface area contributed by atoms with E-state index in [0.717, 1.165) is 24.1 Å². The van der Waals surface area contributed by atoms with E-state index < -0.39 is 0 Å². The van der Waals surface area contributed by atoms with Gasteiger partial charge in [0.25, 0.3) is 0 Å². The molecule has 2 heteroatoms. The van der Waals surface area contributed by atoms with Crippen molar-refractivity contribution in [1.82, 2.24) is 0 Å². The lowest BCUT2D eigenvalue weighted by Gasteiger charge is -2.10. The average molecular weight is 303 g/mol. The van der Waals surface area contributed by atoms with Crippen LogP contribution in [-0.4, -0.2) is 0 Å². The van der Waals surface area contributed by atoms with Gasteiger partial charge in [0.2, 0.25) is 0 Å². The summed E-state index contributed by atoms with van der Waals surface area (Å²) in [7, 11) is 0. The predicted molar refractivity (Wildman–Crippen MR) is 96.0 cm³/mol. The van der Waals surface area contributed by atoms with Gasteiger partial charge < -0.3 is 5.73 Å². The first kappa shape index (κ1) is 13.4. The van der Waals surface area contributed by atoms with Crippen molar-refractivity contribution in [2.75, 3.05) is 5.73 Å². The predicted octanol–water partition coefficient (Wildman–Crippen LogP) is 5.02.